The lowest BCUT2D eigenvalue weighted by Gasteiger charge is -1.84. The van der Waals surface area contributed by atoms with E-state index in [1.165, 1.54) is 0 Å². The lowest BCUT2D eigenvalue weighted by Crippen LogP contribution is -1.90. The molecular formula is C9H7NO2S. The number of rotatable bonds is 1. The Labute approximate surface area is 79.1 Å². The normalized spacial score (nSPS) is 10.5. The summed E-state index contributed by atoms with van der Waals surface area (Å²) >= 11 is 1.10. The van der Waals surface area contributed by atoms with Crippen LogP contribution < -0.4 is 0 Å². The lowest BCUT2D eigenvalue weighted by atomic mass is 10.3. The Morgan fingerprint density at radius 1 is 1.46 bits per heavy atom. The molecule has 13 heavy (non-hydrogen) atoms. The first-order valence-corrected chi connectivity index (χ1v) is 4.97. The highest BCUT2D eigenvalue weighted by atomic mass is 32.2. The van der Waals surface area contributed by atoms with Crippen LogP contribution in [0.2, 0.25) is 0 Å². The molecule has 0 N–H and O–H groups in total. The monoisotopic (exact) mass is 193 g/mol. The average molecular weight is 193 g/mol. The number of nitrogens with zero attached hydrogens (tertiary/aromatic N) is 1. The molecule has 0 bridgehead atoms. The molecular weight excluding hydrogens is 186 g/mol. The number of thioether (sulfide) groups is 1. The molecule has 3 nitrogen and oxygen atoms in total. The van der Waals surface area contributed by atoms with Gasteiger partial charge in [-0.15, -0.1) is 0 Å². The minimum absolute atomic E-state index is 0.142. The highest BCUT2D eigenvalue weighted by molar-refractivity contribution is 8.13. The van der Waals surface area contributed by atoms with E-state index in [-0.39, 0.29) is 11.0 Å². The van der Waals surface area contributed by atoms with Crippen LogP contribution in [0.3, 0.4) is 0 Å². The lowest BCUT2D eigenvalue weighted by molar-refractivity contribution is 0.106. The average Bonchev–Trinajstić information content (AvgIpc) is 2.59. The molecule has 66 valence electrons. The van der Waals surface area contributed by atoms with Gasteiger partial charge in [-0.3, -0.25) is 4.79 Å². The molecule has 0 atom stereocenters. The summed E-state index contributed by atoms with van der Waals surface area (Å²) in [5, 5.41) is -0.142. The molecule has 1 aromatic carbocycles. The number of hydrogen-bond acceptors (Lipinski definition) is 4. The van der Waals surface area contributed by atoms with Crippen molar-refractivity contribution in [2.24, 2.45) is 0 Å². The van der Waals surface area contributed by atoms with Crippen LogP contribution in [0.5, 0.6) is 0 Å². The molecule has 0 aliphatic rings. The van der Waals surface area contributed by atoms with Crippen LogP contribution in [0.25, 0.3) is 11.1 Å². The van der Waals surface area contributed by atoms with Gasteiger partial charge in [0.05, 0.1) is 0 Å². The first-order valence-electron chi connectivity index (χ1n) is 3.75. The summed E-state index contributed by atoms with van der Waals surface area (Å²) in [5.41, 5.74) is 1.37. The maximum Gasteiger partial charge on any atom is 0.275 e. The predicted molar refractivity (Wildman–Crippen MR) is 51.9 cm³/mol. The number of hydrogen-bond donors (Lipinski definition) is 0. The summed E-state index contributed by atoms with van der Waals surface area (Å²) in [4.78, 5) is 15.2. The third-order valence-electron chi connectivity index (χ3n) is 1.65. The second-order valence-electron chi connectivity index (χ2n) is 2.48. The zero-order valence-corrected chi connectivity index (χ0v) is 7.80. The van der Waals surface area contributed by atoms with E-state index in [0.717, 1.165) is 17.3 Å². The molecule has 4 heteroatoms. The van der Waals surface area contributed by atoms with Crippen molar-refractivity contribution < 1.29 is 9.21 Å². The summed E-state index contributed by atoms with van der Waals surface area (Å²) in [6.07, 6.45) is 1.71. The van der Waals surface area contributed by atoms with Crippen molar-refractivity contribution in [1.29, 1.82) is 0 Å². The fraction of sp³-hybridized carbons (Fsp3) is 0.111. The molecule has 0 aliphatic carbocycles. The molecule has 2 aromatic rings. The number of aromatic nitrogens is 1. The number of para-hydroxylation sites is 2. The van der Waals surface area contributed by atoms with E-state index in [1.807, 2.05) is 18.2 Å². The van der Waals surface area contributed by atoms with Gasteiger partial charge >= 0.3 is 0 Å². The van der Waals surface area contributed by atoms with Gasteiger partial charge in [-0.1, -0.05) is 23.9 Å². The molecule has 0 spiro atoms. The summed E-state index contributed by atoms with van der Waals surface area (Å²) in [6.45, 7) is 0. The molecule has 0 saturated heterocycles. The van der Waals surface area contributed by atoms with E-state index >= 15 is 0 Å². The van der Waals surface area contributed by atoms with Crippen molar-refractivity contribution in [2.45, 2.75) is 0 Å². The number of carbonyl (C=O) groups excluding carboxylic acids is 1. The molecule has 0 saturated carbocycles. The van der Waals surface area contributed by atoms with E-state index in [0.29, 0.717) is 5.58 Å². The zero-order valence-electron chi connectivity index (χ0n) is 6.98. The fourth-order valence-electron chi connectivity index (χ4n) is 1.05. The zero-order chi connectivity index (χ0) is 9.26. The van der Waals surface area contributed by atoms with Crippen LogP contribution in [0.4, 0.5) is 0 Å². The maximum atomic E-state index is 11.2. The summed E-state index contributed by atoms with van der Waals surface area (Å²) < 4.78 is 5.24. The Morgan fingerprint density at radius 2 is 2.23 bits per heavy atom. The Kier molecular flexibility index (Phi) is 2.06. The molecule has 0 amide bonds. The van der Waals surface area contributed by atoms with Gasteiger partial charge in [0.25, 0.3) is 11.0 Å². The van der Waals surface area contributed by atoms with Gasteiger partial charge in [0.2, 0.25) is 0 Å². The van der Waals surface area contributed by atoms with E-state index in [4.69, 9.17) is 4.42 Å². The van der Waals surface area contributed by atoms with Gasteiger partial charge in [-0.2, -0.15) is 0 Å². The summed E-state index contributed by atoms with van der Waals surface area (Å²) in [5.74, 6) is 0.175. The summed E-state index contributed by atoms with van der Waals surface area (Å²) in [7, 11) is 0. The van der Waals surface area contributed by atoms with Crippen LogP contribution in [0, 0.1) is 0 Å². The molecule has 0 radical (unpaired) electrons. The molecule has 1 heterocycles. The standard InChI is InChI=1S/C9H7NO2S/c1-13-9(11)8-10-6-4-2-3-5-7(6)12-8/h2-5H,1H3. The third-order valence-corrected chi connectivity index (χ3v) is 2.20. The van der Waals surface area contributed by atoms with E-state index in [1.54, 1.807) is 12.3 Å². The minimum atomic E-state index is -0.142. The van der Waals surface area contributed by atoms with Gasteiger partial charge in [-0.05, 0) is 18.4 Å². The van der Waals surface area contributed by atoms with Crippen LogP contribution >= 0.6 is 11.8 Å². The second-order valence-corrected chi connectivity index (χ2v) is 3.26. The van der Waals surface area contributed by atoms with Gasteiger partial charge in [0.1, 0.15) is 5.52 Å². The Morgan fingerprint density at radius 3 is 2.92 bits per heavy atom. The SMILES string of the molecule is CSC(=O)c1nc2ccccc2o1. The molecule has 0 fully saturated rings. The third kappa shape index (κ3) is 1.45. The molecule has 0 unspecified atom stereocenters. The van der Waals surface area contributed by atoms with Gasteiger partial charge in [0.15, 0.2) is 5.58 Å². The van der Waals surface area contributed by atoms with Crippen LogP contribution in [0.15, 0.2) is 28.7 Å². The van der Waals surface area contributed by atoms with E-state index in [2.05, 4.69) is 4.98 Å². The smallest absolute Gasteiger partial charge is 0.275 e. The highest BCUT2D eigenvalue weighted by Gasteiger charge is 2.11. The first-order chi connectivity index (χ1) is 6.31. The minimum Gasteiger partial charge on any atom is -0.433 e. The van der Waals surface area contributed by atoms with E-state index < -0.39 is 0 Å². The van der Waals surface area contributed by atoms with Crippen molar-refractivity contribution in [1.82, 2.24) is 4.98 Å². The van der Waals surface area contributed by atoms with Gasteiger partial charge in [-0.25, -0.2) is 4.98 Å². The molecule has 0 aliphatic heterocycles. The Hall–Kier alpha value is -1.29. The van der Waals surface area contributed by atoms with Crippen molar-refractivity contribution >= 4 is 28.0 Å². The number of carbonyl (C=O) groups is 1. The number of benzene rings is 1. The van der Waals surface area contributed by atoms with Gasteiger partial charge < -0.3 is 4.42 Å². The van der Waals surface area contributed by atoms with Crippen molar-refractivity contribution in [3.05, 3.63) is 30.2 Å². The van der Waals surface area contributed by atoms with Crippen molar-refractivity contribution in [3.63, 3.8) is 0 Å². The Balaban J connectivity index is 2.56. The van der Waals surface area contributed by atoms with Crippen LogP contribution in [-0.2, 0) is 0 Å². The highest BCUT2D eigenvalue weighted by Crippen LogP contribution is 2.17. The predicted octanol–water partition coefficient (Wildman–Crippen LogP) is 2.33. The first kappa shape index (κ1) is 8.31. The Bertz CT molecular complexity index is 417. The maximum absolute atomic E-state index is 11.2. The molecule has 2 rings (SSSR count). The quantitative estimate of drug-likeness (QED) is 0.697. The van der Waals surface area contributed by atoms with Crippen LogP contribution in [0.1, 0.15) is 10.7 Å². The topological polar surface area (TPSA) is 43.1 Å². The van der Waals surface area contributed by atoms with Crippen molar-refractivity contribution in [3.8, 4) is 0 Å². The number of oxazole rings is 1. The van der Waals surface area contributed by atoms with Crippen molar-refractivity contribution in [2.75, 3.05) is 6.26 Å². The second kappa shape index (κ2) is 3.22. The van der Waals surface area contributed by atoms with E-state index in [9.17, 15) is 4.79 Å². The van der Waals surface area contributed by atoms with Gasteiger partial charge in [0, 0.05) is 0 Å². The summed E-state index contributed by atoms with van der Waals surface area (Å²) in [6, 6.07) is 7.31. The van der Waals surface area contributed by atoms with Crippen LogP contribution in [-0.4, -0.2) is 16.4 Å². The molecule has 1 aromatic heterocycles. The number of fused-ring (bicyclic) bond motifs is 1. The fourth-order valence-corrected chi connectivity index (χ4v) is 1.31. The largest absolute Gasteiger partial charge is 0.433 e.